The van der Waals surface area contributed by atoms with Gasteiger partial charge in [-0.25, -0.2) is 14.0 Å². The molecule has 156 valence electrons. The van der Waals surface area contributed by atoms with E-state index in [0.717, 1.165) is 5.56 Å². The van der Waals surface area contributed by atoms with Crippen molar-refractivity contribution in [3.05, 3.63) is 84.1 Å². The highest BCUT2D eigenvalue weighted by Crippen LogP contribution is 2.28. The molecule has 0 aromatic heterocycles. The van der Waals surface area contributed by atoms with Crippen LogP contribution in [0.2, 0.25) is 0 Å². The maximum Gasteiger partial charge on any atom is 0.338 e. The fraction of sp³-hybridized carbons (Fsp3) is 0.167. The second-order valence-electron chi connectivity index (χ2n) is 6.72. The molecule has 6 heteroatoms. The molecule has 0 bridgehead atoms. The Kier molecular flexibility index (Phi) is 7.31. The molecule has 0 aliphatic rings. The highest BCUT2D eigenvalue weighted by Gasteiger charge is 2.12. The van der Waals surface area contributed by atoms with E-state index in [2.05, 4.69) is 13.2 Å². The van der Waals surface area contributed by atoms with E-state index in [1.54, 1.807) is 51.1 Å². The molecule has 0 atom stereocenters. The van der Waals surface area contributed by atoms with Gasteiger partial charge in [0.15, 0.2) is 11.6 Å². The third-order valence-electron chi connectivity index (χ3n) is 4.03. The zero-order valence-corrected chi connectivity index (χ0v) is 17.4. The maximum absolute atomic E-state index is 14.5. The van der Waals surface area contributed by atoms with Gasteiger partial charge in [0.2, 0.25) is 0 Å². The Morgan fingerprint density at radius 3 is 1.87 bits per heavy atom. The van der Waals surface area contributed by atoms with Crippen LogP contribution in [0.4, 0.5) is 4.39 Å². The summed E-state index contributed by atoms with van der Waals surface area (Å²) in [5, 5.41) is 0. The molecule has 0 N–H and O–H groups in total. The Morgan fingerprint density at radius 2 is 1.33 bits per heavy atom. The summed E-state index contributed by atoms with van der Waals surface area (Å²) in [5.74, 6) is -0.844. The smallest absolute Gasteiger partial charge is 0.338 e. The lowest BCUT2D eigenvalue weighted by Crippen LogP contribution is -2.07. The molecule has 0 aliphatic carbocycles. The number of benzene rings is 2. The van der Waals surface area contributed by atoms with Crippen molar-refractivity contribution in [3.8, 4) is 22.6 Å². The summed E-state index contributed by atoms with van der Waals surface area (Å²) in [6.45, 7) is 13.2. The normalized spacial score (nSPS) is 11.2. The summed E-state index contributed by atoms with van der Waals surface area (Å²) in [4.78, 5) is 23.1. The van der Waals surface area contributed by atoms with E-state index in [-0.39, 0.29) is 22.8 Å². The van der Waals surface area contributed by atoms with Crippen molar-refractivity contribution in [1.82, 2.24) is 0 Å². The van der Waals surface area contributed by atoms with Crippen molar-refractivity contribution in [2.45, 2.75) is 27.7 Å². The summed E-state index contributed by atoms with van der Waals surface area (Å²) in [5.41, 5.74) is 1.89. The van der Waals surface area contributed by atoms with Crippen LogP contribution in [0.3, 0.4) is 0 Å². The lowest BCUT2D eigenvalue weighted by atomic mass is 10.1. The summed E-state index contributed by atoms with van der Waals surface area (Å²) in [6.07, 6.45) is 0. The van der Waals surface area contributed by atoms with E-state index in [9.17, 15) is 14.0 Å². The number of carbonyl (C=O) groups excluding carboxylic acids is 2. The molecule has 0 unspecified atom stereocenters. The molecule has 0 radical (unpaired) electrons. The van der Waals surface area contributed by atoms with Gasteiger partial charge in [-0.2, -0.15) is 0 Å². The van der Waals surface area contributed by atoms with Crippen LogP contribution in [0, 0.1) is 5.82 Å². The Morgan fingerprint density at radius 1 is 0.767 bits per heavy atom. The molecular weight excluding hydrogens is 387 g/mol. The second kappa shape index (κ2) is 9.69. The molecule has 0 amide bonds. The van der Waals surface area contributed by atoms with Gasteiger partial charge in [-0.1, -0.05) is 31.4 Å². The van der Waals surface area contributed by atoms with Crippen LogP contribution >= 0.6 is 0 Å². The molecule has 0 saturated heterocycles. The first-order valence-electron chi connectivity index (χ1n) is 9.09. The number of hydrogen-bond acceptors (Lipinski definition) is 5. The van der Waals surface area contributed by atoms with Gasteiger partial charge < -0.3 is 14.2 Å². The van der Waals surface area contributed by atoms with Crippen LogP contribution in [0.25, 0.3) is 11.1 Å². The van der Waals surface area contributed by atoms with Crippen LogP contribution in [-0.2, 0) is 14.3 Å². The lowest BCUT2D eigenvalue weighted by Gasteiger charge is -2.12. The highest BCUT2D eigenvalue weighted by molar-refractivity contribution is 5.89. The third-order valence-corrected chi connectivity index (χ3v) is 4.03. The summed E-state index contributed by atoms with van der Waals surface area (Å²) in [7, 11) is 0. The van der Waals surface area contributed by atoms with Crippen LogP contribution in [-0.4, -0.2) is 11.9 Å². The minimum Gasteiger partial charge on any atom is -0.455 e. The molecule has 30 heavy (non-hydrogen) atoms. The van der Waals surface area contributed by atoms with E-state index in [0.29, 0.717) is 16.9 Å². The number of esters is 2. The van der Waals surface area contributed by atoms with Crippen molar-refractivity contribution in [3.63, 3.8) is 0 Å². The molecule has 5 nitrogen and oxygen atoms in total. The molecule has 2 aromatic rings. The number of allylic oxidation sites excluding steroid dienone is 2. The van der Waals surface area contributed by atoms with E-state index in [4.69, 9.17) is 14.2 Å². The SMILES string of the molecule is C=C(C)C(=O)OC(C)=C(C)Oc1ccc(-c2ccc(OC(=O)C(=C)C)cc2)cc1F. The van der Waals surface area contributed by atoms with Crippen molar-refractivity contribution in [2.24, 2.45) is 0 Å². The third kappa shape index (κ3) is 5.91. The average molecular weight is 410 g/mol. The average Bonchev–Trinajstić information content (AvgIpc) is 2.69. The predicted molar refractivity (Wildman–Crippen MR) is 112 cm³/mol. The van der Waals surface area contributed by atoms with Gasteiger partial charge in [0, 0.05) is 11.1 Å². The zero-order chi connectivity index (χ0) is 22.4. The molecular formula is C24H23FO5. The minimum absolute atomic E-state index is 0.00557. The van der Waals surface area contributed by atoms with Gasteiger partial charge in [-0.15, -0.1) is 0 Å². The number of halogens is 1. The molecule has 0 saturated carbocycles. The topological polar surface area (TPSA) is 61.8 Å². The van der Waals surface area contributed by atoms with Gasteiger partial charge >= 0.3 is 11.9 Å². The standard InChI is InChI=1S/C24H23FO5/c1-14(2)23(26)29-17(6)16(5)28-22-12-9-19(13-21(22)25)18-7-10-20(11-8-18)30-24(27)15(3)4/h7-13H,1,3H2,2,4-6H3. The number of rotatable bonds is 7. The van der Waals surface area contributed by atoms with E-state index in [1.807, 2.05) is 0 Å². The summed E-state index contributed by atoms with van der Waals surface area (Å²) >= 11 is 0. The lowest BCUT2D eigenvalue weighted by molar-refractivity contribution is -0.135. The van der Waals surface area contributed by atoms with Gasteiger partial charge in [0.05, 0.1) is 0 Å². The first kappa shape index (κ1) is 22.6. The van der Waals surface area contributed by atoms with Gasteiger partial charge in [0.1, 0.15) is 17.3 Å². The molecule has 0 spiro atoms. The van der Waals surface area contributed by atoms with E-state index in [1.165, 1.54) is 19.1 Å². The number of carbonyl (C=O) groups is 2. The zero-order valence-electron chi connectivity index (χ0n) is 17.4. The molecule has 0 heterocycles. The number of ether oxygens (including phenoxy) is 3. The first-order valence-corrected chi connectivity index (χ1v) is 9.09. The van der Waals surface area contributed by atoms with Crippen LogP contribution < -0.4 is 9.47 Å². The summed E-state index contributed by atoms with van der Waals surface area (Å²) in [6, 6.07) is 11.2. The van der Waals surface area contributed by atoms with Gasteiger partial charge in [0.25, 0.3) is 0 Å². The highest BCUT2D eigenvalue weighted by atomic mass is 19.1. The Balaban J connectivity index is 2.15. The monoisotopic (exact) mass is 410 g/mol. The minimum atomic E-state index is -0.580. The van der Waals surface area contributed by atoms with Crippen LogP contribution in [0.1, 0.15) is 27.7 Å². The van der Waals surface area contributed by atoms with E-state index >= 15 is 0 Å². The van der Waals surface area contributed by atoms with Crippen molar-refractivity contribution in [1.29, 1.82) is 0 Å². The van der Waals surface area contributed by atoms with Gasteiger partial charge in [-0.05, 0) is 63.1 Å². The Bertz CT molecular complexity index is 1030. The quantitative estimate of drug-likeness (QED) is 0.253. The Hall–Kier alpha value is -3.67. The van der Waals surface area contributed by atoms with Crippen molar-refractivity contribution in [2.75, 3.05) is 0 Å². The van der Waals surface area contributed by atoms with Gasteiger partial charge in [-0.3, -0.25) is 0 Å². The van der Waals surface area contributed by atoms with E-state index < -0.39 is 17.8 Å². The summed E-state index contributed by atoms with van der Waals surface area (Å²) < 4.78 is 30.3. The van der Waals surface area contributed by atoms with Crippen LogP contribution in [0.15, 0.2) is 78.3 Å². The second-order valence-corrected chi connectivity index (χ2v) is 6.72. The number of hydrogen-bond donors (Lipinski definition) is 0. The van der Waals surface area contributed by atoms with Crippen molar-refractivity contribution < 1.29 is 28.2 Å². The molecule has 2 aromatic carbocycles. The van der Waals surface area contributed by atoms with Crippen LogP contribution in [0.5, 0.6) is 11.5 Å². The maximum atomic E-state index is 14.5. The molecule has 0 aliphatic heterocycles. The largest absolute Gasteiger partial charge is 0.455 e. The molecule has 0 fully saturated rings. The molecule has 2 rings (SSSR count). The first-order chi connectivity index (χ1) is 14.1. The Labute approximate surface area is 175 Å². The fourth-order valence-electron chi connectivity index (χ4n) is 2.21. The van der Waals surface area contributed by atoms with Crippen molar-refractivity contribution >= 4 is 11.9 Å². The predicted octanol–water partition coefficient (Wildman–Crippen LogP) is 5.72. The fourth-order valence-corrected chi connectivity index (χ4v) is 2.21.